The van der Waals surface area contributed by atoms with Crippen molar-refractivity contribution in [2.75, 3.05) is 5.75 Å². The third kappa shape index (κ3) is 38.0. The van der Waals surface area contributed by atoms with E-state index >= 15 is 0 Å². The van der Waals surface area contributed by atoms with Crippen molar-refractivity contribution >= 4 is 42.4 Å². The zero-order valence-corrected chi connectivity index (χ0v) is 11.8. The minimum atomic E-state index is -2.86. The number of hydrogen-bond donors (Lipinski definition) is 4. The Bertz CT molecular complexity index is 147. The fraction of sp³-hybridized carbons (Fsp3) is 0.667. The van der Waals surface area contributed by atoms with Gasteiger partial charge in [0.2, 0.25) is 0 Å². The molecule has 0 rings (SSSR count). The van der Waals surface area contributed by atoms with Gasteiger partial charge in [-0.1, -0.05) is 0 Å². The van der Waals surface area contributed by atoms with Crippen LogP contribution in [0, 0.1) is 0 Å². The number of carboxylic acid groups (broad SMARTS) is 1. The van der Waals surface area contributed by atoms with Crippen molar-refractivity contribution in [1.82, 2.24) is 0 Å². The van der Waals surface area contributed by atoms with Crippen molar-refractivity contribution < 1.29 is 58.2 Å². The van der Waals surface area contributed by atoms with Crippen molar-refractivity contribution in [2.45, 2.75) is 6.04 Å². The molecule has 0 aromatic heterocycles. The van der Waals surface area contributed by atoms with E-state index in [2.05, 4.69) is 12.6 Å². The van der Waals surface area contributed by atoms with Crippen LogP contribution in [0.15, 0.2) is 0 Å². The Hall–Kier alpha value is 1.10. The molecule has 0 bridgehead atoms. The van der Waals surface area contributed by atoms with Gasteiger partial charge in [0.1, 0.15) is 6.04 Å². The van der Waals surface area contributed by atoms with Gasteiger partial charge in [-0.05, 0) is 0 Å². The first-order chi connectivity index (χ1) is 4.91. The Morgan fingerprint density at radius 2 is 1.86 bits per heavy atom. The smallest absolute Gasteiger partial charge is 0.750 e. The molecule has 2 atom stereocenters. The van der Waals surface area contributed by atoms with Gasteiger partial charge in [0, 0.05) is 5.75 Å². The zero-order chi connectivity index (χ0) is 9.44. The predicted octanol–water partition coefficient (Wildman–Crippen LogP) is -4.73. The molecule has 6 N–H and O–H groups in total. The molecule has 11 heteroatoms. The summed E-state index contributed by atoms with van der Waals surface area (Å²) in [6.07, 6.45) is 0. The zero-order valence-electron chi connectivity index (χ0n) is 7.24. The Labute approximate surface area is 117 Å². The Kier molecular flexibility index (Phi) is 41.3. The molecule has 0 saturated carbocycles. The van der Waals surface area contributed by atoms with E-state index < -0.39 is 23.4 Å². The van der Waals surface area contributed by atoms with Crippen LogP contribution in [0.3, 0.4) is 0 Å². The molecule has 0 fully saturated rings. The van der Waals surface area contributed by atoms with Gasteiger partial charge >= 0.3 is 35.5 Å². The van der Waals surface area contributed by atoms with E-state index in [1.54, 1.807) is 0 Å². The van der Waals surface area contributed by atoms with E-state index in [9.17, 15) is 4.79 Å². The molecule has 7 nitrogen and oxygen atoms in total. The van der Waals surface area contributed by atoms with Gasteiger partial charge in [0.25, 0.3) is 0 Å². The van der Waals surface area contributed by atoms with Crippen LogP contribution in [0.2, 0.25) is 0 Å². The van der Waals surface area contributed by atoms with Gasteiger partial charge in [-0.15, -0.1) is 12.4 Å². The fourth-order valence-corrected chi connectivity index (χ4v) is 0.234. The molecule has 0 aromatic rings. The van der Waals surface area contributed by atoms with Crippen molar-refractivity contribution in [3.63, 3.8) is 0 Å². The summed E-state index contributed by atoms with van der Waals surface area (Å²) in [5, 5.41) is 8.01. The molecule has 0 spiro atoms. The van der Waals surface area contributed by atoms with Gasteiger partial charge in [-0.25, -0.2) is 4.21 Å². The second-order valence-electron chi connectivity index (χ2n) is 1.34. The van der Waals surface area contributed by atoms with Gasteiger partial charge in [0.15, 0.2) is 0 Å². The van der Waals surface area contributed by atoms with Crippen LogP contribution in [-0.4, -0.2) is 41.7 Å². The fourth-order valence-electron chi connectivity index (χ4n) is 0.0781. The summed E-state index contributed by atoms with van der Waals surface area (Å²) >= 11 is 0.788. The number of nitrogens with two attached hydrogens (primary N) is 1. The van der Waals surface area contributed by atoms with E-state index in [1.165, 1.54) is 0 Å². The van der Waals surface area contributed by atoms with Crippen molar-refractivity contribution in [2.24, 2.45) is 5.73 Å². The largest absolute Gasteiger partial charge is 1.00 e. The minimum Gasteiger partial charge on any atom is -0.750 e. The number of hydrogen-bond acceptors (Lipinski definition) is 5. The molecular weight excluding hydrogens is 269 g/mol. The summed E-state index contributed by atoms with van der Waals surface area (Å²) < 4.78 is 24.1. The summed E-state index contributed by atoms with van der Waals surface area (Å²) in [5.41, 5.74) is 4.94. The molecule has 1 unspecified atom stereocenters. The standard InChI is InChI=1S/C3H7NO2S.ClH.Na.H2O3S.H2O/c4-2(1-7)3(5)6;;;1-4(2)3;/h2,7H,1,4H2,(H,5,6);1H;;(H2,1,2,3);1H2/q;;+1;;/p-1/t2-;;;;/m0..../s1. The molecule has 0 aliphatic rings. The van der Waals surface area contributed by atoms with E-state index in [1.807, 2.05) is 0 Å². The Morgan fingerprint density at radius 1 is 1.64 bits per heavy atom. The van der Waals surface area contributed by atoms with E-state index in [-0.39, 0.29) is 53.2 Å². The summed E-state index contributed by atoms with van der Waals surface area (Å²) in [6.45, 7) is 0. The average molecular weight is 280 g/mol. The van der Waals surface area contributed by atoms with Gasteiger partial charge in [-0.3, -0.25) is 4.79 Å². The Morgan fingerprint density at radius 3 is 1.86 bits per heavy atom. The van der Waals surface area contributed by atoms with Crippen LogP contribution in [-0.2, 0) is 16.2 Å². The first-order valence-electron chi connectivity index (χ1n) is 2.29. The van der Waals surface area contributed by atoms with Crippen LogP contribution in [0.5, 0.6) is 0 Å². The summed E-state index contributed by atoms with van der Waals surface area (Å²) in [5.74, 6) is -0.815. The number of halogens is 1. The number of carbonyl (C=O) groups is 1. The number of rotatable bonds is 2. The van der Waals surface area contributed by atoms with Crippen molar-refractivity contribution in [1.29, 1.82) is 0 Å². The predicted molar refractivity (Wildman–Crippen MR) is 51.9 cm³/mol. The molecule has 0 aromatic carbocycles. The molecular formula is C3H11ClNNaO6S2. The van der Waals surface area contributed by atoms with E-state index in [0.29, 0.717) is 0 Å². The number of thiol groups is 1. The SMILES string of the molecule is Cl.N[C@@H](CS)C(=O)O.O.O=S([O-])O.[Na+]. The van der Waals surface area contributed by atoms with Gasteiger partial charge < -0.3 is 25.4 Å². The molecule has 14 heavy (non-hydrogen) atoms. The molecule has 0 heterocycles. The quantitative estimate of drug-likeness (QED) is 0.226. The summed E-state index contributed by atoms with van der Waals surface area (Å²) in [6, 6.07) is -0.816. The molecule has 0 saturated heterocycles. The second-order valence-corrected chi connectivity index (χ2v) is 2.14. The van der Waals surface area contributed by atoms with Crippen LogP contribution < -0.4 is 35.3 Å². The third-order valence-electron chi connectivity index (χ3n) is 0.514. The summed E-state index contributed by atoms with van der Waals surface area (Å²) in [4.78, 5) is 9.76. The topological polar surface area (TPSA) is 155 Å². The van der Waals surface area contributed by atoms with Crippen LogP contribution >= 0.6 is 25.0 Å². The average Bonchev–Trinajstić information content (AvgIpc) is 1.85. The van der Waals surface area contributed by atoms with E-state index in [0.717, 1.165) is 0 Å². The van der Waals surface area contributed by atoms with E-state index in [4.69, 9.17) is 24.2 Å². The van der Waals surface area contributed by atoms with Crippen LogP contribution in [0.25, 0.3) is 0 Å². The maximum atomic E-state index is 9.76. The van der Waals surface area contributed by atoms with Crippen molar-refractivity contribution in [3.05, 3.63) is 0 Å². The first-order valence-corrected chi connectivity index (χ1v) is 3.95. The summed E-state index contributed by atoms with van der Waals surface area (Å²) in [7, 11) is 0. The molecule has 0 aliphatic carbocycles. The number of aliphatic carboxylic acids is 1. The monoisotopic (exact) mass is 279 g/mol. The van der Waals surface area contributed by atoms with Crippen LogP contribution in [0.4, 0.5) is 0 Å². The second kappa shape index (κ2) is 19.6. The normalized spacial score (nSPS) is 11.1. The maximum absolute atomic E-state index is 9.76. The molecule has 84 valence electrons. The number of carboxylic acids is 1. The van der Waals surface area contributed by atoms with Gasteiger partial charge in [0.05, 0.1) is 11.4 Å². The molecule has 0 radical (unpaired) electrons. The molecule has 0 aliphatic heterocycles. The Balaban J connectivity index is -0.0000000347. The first kappa shape index (κ1) is 29.4. The third-order valence-corrected chi connectivity index (χ3v) is 0.907. The minimum absolute atomic E-state index is 0. The van der Waals surface area contributed by atoms with Gasteiger partial charge in [-0.2, -0.15) is 12.6 Å². The van der Waals surface area contributed by atoms with Crippen molar-refractivity contribution in [3.8, 4) is 0 Å². The van der Waals surface area contributed by atoms with Crippen LogP contribution in [0.1, 0.15) is 0 Å². The maximum Gasteiger partial charge on any atom is 1.00 e. The molecule has 0 amide bonds.